The first-order chi connectivity index (χ1) is 9.20. The van der Waals surface area contributed by atoms with Gasteiger partial charge in [0.15, 0.2) is 6.79 Å². The summed E-state index contributed by atoms with van der Waals surface area (Å²) < 4.78 is 10.9. The average molecular weight is 317 g/mol. The first-order valence-corrected chi connectivity index (χ1v) is 10.7. The number of ether oxygens (including phenoxy) is 2. The fraction of sp³-hybridized carbons (Fsp3) is 0.538. The Labute approximate surface area is 126 Å². The fourth-order valence-electron chi connectivity index (χ4n) is 1.60. The number of halogens is 1. The van der Waals surface area contributed by atoms with Crippen molar-refractivity contribution in [1.29, 1.82) is 0 Å². The Kier molecular flexibility index (Phi) is 6.55. The van der Waals surface area contributed by atoms with E-state index in [1.54, 1.807) is 13.0 Å². The zero-order chi connectivity index (χ0) is 15.3. The summed E-state index contributed by atoms with van der Waals surface area (Å²) in [5, 5.41) is 18.7. The van der Waals surface area contributed by atoms with Crippen molar-refractivity contribution in [3.63, 3.8) is 0 Å². The Morgan fingerprint density at radius 2 is 1.90 bits per heavy atom. The molecule has 0 aromatic heterocycles. The molecule has 0 spiro atoms. The van der Waals surface area contributed by atoms with Crippen molar-refractivity contribution in [1.82, 2.24) is 0 Å². The molecule has 1 rings (SSSR count). The van der Waals surface area contributed by atoms with Gasteiger partial charge in [-0.15, -0.1) is 0 Å². The van der Waals surface area contributed by atoms with Crippen molar-refractivity contribution < 1.29 is 19.5 Å². The van der Waals surface area contributed by atoms with Crippen LogP contribution in [0.3, 0.4) is 0 Å². The van der Waals surface area contributed by atoms with Crippen LogP contribution in [0.15, 0.2) is 12.1 Å². The highest BCUT2D eigenvalue weighted by molar-refractivity contribution is 6.76. The zero-order valence-corrected chi connectivity index (χ0v) is 14.2. The number of rotatable bonds is 7. The Balaban J connectivity index is 2.51. The standard InChI is InChI=1S/C13H22BClO4Si/c1-10-7-13(12(15)8-11(10)14(16)17)19-9-18-5-6-20(2,3)4/h7-8,16-17H,5-6,9H2,1-4H3. The topological polar surface area (TPSA) is 58.9 Å². The van der Waals surface area contributed by atoms with E-state index in [1.165, 1.54) is 6.07 Å². The molecule has 0 heterocycles. The molecule has 0 fully saturated rings. The summed E-state index contributed by atoms with van der Waals surface area (Å²) >= 11 is 6.03. The highest BCUT2D eigenvalue weighted by Gasteiger charge is 2.17. The van der Waals surface area contributed by atoms with Gasteiger partial charge in [-0.3, -0.25) is 0 Å². The van der Waals surface area contributed by atoms with Gasteiger partial charge in [-0.05, 0) is 36.1 Å². The van der Waals surface area contributed by atoms with Crippen LogP contribution in [0.25, 0.3) is 0 Å². The number of hydrogen-bond acceptors (Lipinski definition) is 4. The lowest BCUT2D eigenvalue weighted by Gasteiger charge is -2.16. The van der Waals surface area contributed by atoms with Crippen LogP contribution in [-0.4, -0.2) is 38.6 Å². The lowest BCUT2D eigenvalue weighted by atomic mass is 9.77. The quantitative estimate of drug-likeness (QED) is 0.459. The van der Waals surface area contributed by atoms with Crippen LogP contribution in [0.4, 0.5) is 0 Å². The molecule has 2 N–H and O–H groups in total. The van der Waals surface area contributed by atoms with Crippen molar-refractivity contribution in [3.8, 4) is 5.75 Å². The molecule has 7 heteroatoms. The Morgan fingerprint density at radius 1 is 1.25 bits per heavy atom. The third-order valence-corrected chi connectivity index (χ3v) is 4.89. The molecule has 0 amide bonds. The van der Waals surface area contributed by atoms with E-state index in [4.69, 9.17) is 21.1 Å². The highest BCUT2D eigenvalue weighted by atomic mass is 35.5. The van der Waals surface area contributed by atoms with Gasteiger partial charge >= 0.3 is 7.12 Å². The molecule has 112 valence electrons. The van der Waals surface area contributed by atoms with Crippen molar-refractivity contribution >= 4 is 32.3 Å². The Hall–Kier alpha value is -0.528. The maximum Gasteiger partial charge on any atom is 0.488 e. The van der Waals surface area contributed by atoms with Crippen LogP contribution in [0.5, 0.6) is 5.75 Å². The molecule has 4 nitrogen and oxygen atoms in total. The molecule has 0 atom stereocenters. The van der Waals surface area contributed by atoms with Gasteiger partial charge in [0, 0.05) is 14.7 Å². The molecule has 0 aliphatic heterocycles. The maximum atomic E-state index is 9.18. The number of benzene rings is 1. The largest absolute Gasteiger partial charge is 0.488 e. The van der Waals surface area contributed by atoms with E-state index in [9.17, 15) is 10.0 Å². The predicted molar refractivity (Wildman–Crippen MR) is 85.6 cm³/mol. The van der Waals surface area contributed by atoms with E-state index in [0.29, 0.717) is 28.4 Å². The molecule has 1 aromatic rings. The normalized spacial score (nSPS) is 11.6. The predicted octanol–water partition coefficient (Wildman–Crippen LogP) is 2.02. The first-order valence-electron chi connectivity index (χ1n) is 6.57. The second kappa shape index (κ2) is 7.47. The Morgan fingerprint density at radius 3 is 2.45 bits per heavy atom. The zero-order valence-electron chi connectivity index (χ0n) is 12.4. The first kappa shape index (κ1) is 17.5. The van der Waals surface area contributed by atoms with Crippen molar-refractivity contribution in [2.45, 2.75) is 32.6 Å². The van der Waals surface area contributed by atoms with E-state index in [0.717, 1.165) is 6.04 Å². The van der Waals surface area contributed by atoms with Crippen LogP contribution < -0.4 is 10.2 Å². The minimum atomic E-state index is -1.53. The van der Waals surface area contributed by atoms with Gasteiger partial charge in [-0.1, -0.05) is 31.2 Å². The average Bonchev–Trinajstić information content (AvgIpc) is 2.30. The van der Waals surface area contributed by atoms with E-state index < -0.39 is 15.2 Å². The van der Waals surface area contributed by atoms with E-state index in [-0.39, 0.29) is 6.79 Å². The van der Waals surface area contributed by atoms with Crippen LogP contribution in [0, 0.1) is 6.92 Å². The van der Waals surface area contributed by atoms with Crippen LogP contribution in [0.1, 0.15) is 5.56 Å². The Bertz CT molecular complexity index is 449. The van der Waals surface area contributed by atoms with Gasteiger partial charge in [0.1, 0.15) is 5.75 Å². The molecule has 20 heavy (non-hydrogen) atoms. The van der Waals surface area contributed by atoms with Crippen molar-refractivity contribution in [2.24, 2.45) is 0 Å². The van der Waals surface area contributed by atoms with Gasteiger partial charge in [0.05, 0.1) is 5.02 Å². The van der Waals surface area contributed by atoms with Crippen molar-refractivity contribution in [2.75, 3.05) is 13.4 Å². The van der Waals surface area contributed by atoms with Crippen LogP contribution in [-0.2, 0) is 4.74 Å². The van der Waals surface area contributed by atoms with Crippen LogP contribution >= 0.6 is 11.6 Å². The van der Waals surface area contributed by atoms with E-state index >= 15 is 0 Å². The summed E-state index contributed by atoms with van der Waals surface area (Å²) in [5.74, 6) is 0.488. The molecule has 0 bridgehead atoms. The van der Waals surface area contributed by atoms with Crippen LogP contribution in [0.2, 0.25) is 30.7 Å². The molecule has 0 unspecified atom stereocenters. The third-order valence-electron chi connectivity index (χ3n) is 2.89. The number of aryl methyl sites for hydroxylation is 1. The van der Waals surface area contributed by atoms with Crippen molar-refractivity contribution in [3.05, 3.63) is 22.7 Å². The summed E-state index contributed by atoms with van der Waals surface area (Å²) in [6, 6.07) is 4.26. The minimum absolute atomic E-state index is 0.144. The van der Waals surface area contributed by atoms with E-state index in [1.807, 2.05) is 0 Å². The van der Waals surface area contributed by atoms with Gasteiger partial charge in [-0.2, -0.15) is 0 Å². The van der Waals surface area contributed by atoms with Gasteiger partial charge in [0.25, 0.3) is 0 Å². The van der Waals surface area contributed by atoms with E-state index in [2.05, 4.69) is 19.6 Å². The second-order valence-corrected chi connectivity index (χ2v) is 12.0. The monoisotopic (exact) mass is 316 g/mol. The summed E-state index contributed by atoms with van der Waals surface area (Å²) in [5.41, 5.74) is 1.09. The molecule has 1 aromatic carbocycles. The smallest absolute Gasteiger partial charge is 0.466 e. The minimum Gasteiger partial charge on any atom is -0.466 e. The lowest BCUT2D eigenvalue weighted by Crippen LogP contribution is -2.32. The highest BCUT2D eigenvalue weighted by Crippen LogP contribution is 2.24. The van der Waals surface area contributed by atoms with Gasteiger partial charge in [0.2, 0.25) is 0 Å². The van der Waals surface area contributed by atoms with Gasteiger partial charge < -0.3 is 19.5 Å². The molecular formula is C13H22BClO4Si. The lowest BCUT2D eigenvalue weighted by molar-refractivity contribution is 0.0221. The second-order valence-electron chi connectivity index (χ2n) is 5.99. The SMILES string of the molecule is Cc1cc(OCOCC[Si](C)(C)C)c(Cl)cc1B(O)O. The van der Waals surface area contributed by atoms with Gasteiger partial charge in [-0.25, -0.2) is 0 Å². The third kappa shape index (κ3) is 5.85. The maximum absolute atomic E-state index is 9.18. The molecule has 0 aliphatic carbocycles. The summed E-state index contributed by atoms with van der Waals surface area (Å²) in [6.07, 6.45) is 0. The molecule has 0 saturated heterocycles. The molecular weight excluding hydrogens is 294 g/mol. The summed E-state index contributed by atoms with van der Waals surface area (Å²) in [7, 11) is -2.62. The molecule has 0 aliphatic rings. The molecule has 0 saturated carbocycles. The summed E-state index contributed by atoms with van der Waals surface area (Å²) in [4.78, 5) is 0. The molecule has 0 radical (unpaired) electrons. The fourth-order valence-corrected chi connectivity index (χ4v) is 2.58. The number of hydrogen-bond donors (Lipinski definition) is 2. The summed E-state index contributed by atoms with van der Waals surface area (Å²) in [6.45, 7) is 9.46.